The summed E-state index contributed by atoms with van der Waals surface area (Å²) in [4.78, 5) is -0.231. The summed E-state index contributed by atoms with van der Waals surface area (Å²) < 4.78 is 45.9. The summed E-state index contributed by atoms with van der Waals surface area (Å²) in [6.07, 6.45) is 1.88. The first-order chi connectivity index (χ1) is 9.48. The molecule has 2 fully saturated rings. The molecule has 4 nitrogen and oxygen atoms in total. The molecule has 0 saturated carbocycles. The van der Waals surface area contributed by atoms with Crippen LogP contribution in [0.1, 0.15) is 19.8 Å². The minimum atomic E-state index is -3.75. The fourth-order valence-electron chi connectivity index (χ4n) is 3.17. The molecule has 3 rings (SSSR count). The number of benzene rings is 1. The quantitative estimate of drug-likeness (QED) is 0.839. The topological polar surface area (TPSA) is 46.6 Å². The highest BCUT2D eigenvalue weighted by Gasteiger charge is 2.41. The predicted octanol–water partition coefficient (Wildman–Crippen LogP) is 2.01. The molecule has 0 amide bonds. The number of sulfonamides is 1. The summed E-state index contributed by atoms with van der Waals surface area (Å²) in [6.45, 7) is 2.82. The summed E-state index contributed by atoms with van der Waals surface area (Å²) in [5.74, 6) is -0.467. The second-order valence-electron chi connectivity index (χ2n) is 5.56. The van der Waals surface area contributed by atoms with E-state index in [1.807, 2.05) is 6.92 Å². The lowest BCUT2D eigenvalue weighted by Crippen LogP contribution is -2.44. The Kier molecular flexibility index (Phi) is 3.56. The number of piperidine rings is 1. The minimum absolute atomic E-state index is 0.150. The Labute approximate surface area is 118 Å². The molecule has 20 heavy (non-hydrogen) atoms. The van der Waals surface area contributed by atoms with Gasteiger partial charge in [-0.1, -0.05) is 12.1 Å². The maximum atomic E-state index is 13.7. The molecule has 0 radical (unpaired) electrons. The molecule has 110 valence electrons. The van der Waals surface area contributed by atoms with E-state index in [2.05, 4.69) is 0 Å². The number of rotatable bonds is 2. The normalized spacial score (nSPS) is 31.2. The molecule has 6 heteroatoms. The molecule has 1 aromatic carbocycles. The van der Waals surface area contributed by atoms with Gasteiger partial charge in [-0.2, -0.15) is 4.31 Å². The third-order valence-corrected chi connectivity index (χ3v) is 6.02. The largest absolute Gasteiger partial charge is 0.375 e. The highest BCUT2D eigenvalue weighted by atomic mass is 32.2. The van der Waals surface area contributed by atoms with Crippen LogP contribution >= 0.6 is 0 Å². The molecule has 0 aromatic heterocycles. The van der Waals surface area contributed by atoms with Gasteiger partial charge < -0.3 is 4.74 Å². The van der Waals surface area contributed by atoms with Crippen molar-refractivity contribution >= 4 is 10.0 Å². The molecule has 2 aliphatic rings. The fraction of sp³-hybridized carbons (Fsp3) is 0.571. The van der Waals surface area contributed by atoms with Crippen LogP contribution in [-0.4, -0.2) is 38.0 Å². The van der Waals surface area contributed by atoms with E-state index in [0.717, 1.165) is 6.42 Å². The van der Waals surface area contributed by atoms with Gasteiger partial charge in [-0.05, 0) is 31.9 Å². The van der Waals surface area contributed by atoms with Crippen LogP contribution < -0.4 is 0 Å². The van der Waals surface area contributed by atoms with Gasteiger partial charge in [0.15, 0.2) is 0 Å². The van der Waals surface area contributed by atoms with E-state index in [9.17, 15) is 12.8 Å². The van der Waals surface area contributed by atoms with Gasteiger partial charge in [0.1, 0.15) is 10.7 Å². The van der Waals surface area contributed by atoms with Crippen LogP contribution in [0, 0.1) is 11.7 Å². The van der Waals surface area contributed by atoms with Gasteiger partial charge in [0.25, 0.3) is 0 Å². The van der Waals surface area contributed by atoms with Gasteiger partial charge in [0, 0.05) is 19.0 Å². The Balaban J connectivity index is 1.84. The number of halogens is 1. The van der Waals surface area contributed by atoms with Crippen LogP contribution in [0.25, 0.3) is 0 Å². The Hall–Kier alpha value is -0.980. The van der Waals surface area contributed by atoms with E-state index in [4.69, 9.17) is 4.74 Å². The number of hydrogen-bond acceptors (Lipinski definition) is 3. The Morgan fingerprint density at radius 3 is 2.85 bits per heavy atom. The van der Waals surface area contributed by atoms with Crippen LogP contribution in [-0.2, 0) is 14.8 Å². The van der Waals surface area contributed by atoms with Gasteiger partial charge in [-0.25, -0.2) is 12.8 Å². The summed E-state index contributed by atoms with van der Waals surface area (Å²) in [7, 11) is -3.75. The monoisotopic (exact) mass is 299 g/mol. The highest BCUT2D eigenvalue weighted by molar-refractivity contribution is 7.89. The fourth-order valence-corrected chi connectivity index (χ4v) is 4.75. The third-order valence-electron chi connectivity index (χ3n) is 4.12. The van der Waals surface area contributed by atoms with Gasteiger partial charge in [0.05, 0.1) is 12.2 Å². The zero-order valence-corrected chi connectivity index (χ0v) is 12.1. The third kappa shape index (κ3) is 2.36. The van der Waals surface area contributed by atoms with Crippen molar-refractivity contribution in [3.63, 3.8) is 0 Å². The van der Waals surface area contributed by atoms with Crippen LogP contribution in [0.2, 0.25) is 0 Å². The van der Waals surface area contributed by atoms with Crippen LogP contribution in [0.15, 0.2) is 29.2 Å². The standard InChI is InChI=1S/C14H18FNO3S/c1-10-8-11-9-16(7-6-13(11)19-10)20(17,18)14-5-3-2-4-12(14)15/h2-5,10-11,13H,6-9H2,1H3/t10-,11-,13-/m1/s1. The van der Waals surface area contributed by atoms with Gasteiger partial charge in [-0.3, -0.25) is 0 Å². The van der Waals surface area contributed by atoms with E-state index >= 15 is 0 Å². The molecular weight excluding hydrogens is 281 g/mol. The highest BCUT2D eigenvalue weighted by Crippen LogP contribution is 2.34. The first kappa shape index (κ1) is 14.0. The minimum Gasteiger partial charge on any atom is -0.375 e. The van der Waals surface area contributed by atoms with E-state index in [1.165, 1.54) is 22.5 Å². The zero-order valence-electron chi connectivity index (χ0n) is 11.3. The van der Waals surface area contributed by atoms with Gasteiger partial charge in [-0.15, -0.1) is 0 Å². The van der Waals surface area contributed by atoms with E-state index in [0.29, 0.717) is 19.5 Å². The summed E-state index contributed by atoms with van der Waals surface area (Å²) >= 11 is 0. The van der Waals surface area contributed by atoms with Crippen LogP contribution in [0.5, 0.6) is 0 Å². The van der Waals surface area contributed by atoms with Crippen molar-refractivity contribution in [2.24, 2.45) is 5.92 Å². The Bertz CT molecular complexity index is 604. The summed E-state index contributed by atoms with van der Waals surface area (Å²) in [6, 6.07) is 5.54. The maximum absolute atomic E-state index is 13.7. The molecule has 0 N–H and O–H groups in total. The molecular formula is C14H18FNO3S. The van der Waals surface area contributed by atoms with Crippen molar-refractivity contribution in [3.8, 4) is 0 Å². The number of hydrogen-bond donors (Lipinski definition) is 0. The van der Waals surface area contributed by atoms with Crippen molar-refractivity contribution in [1.29, 1.82) is 0 Å². The lowest BCUT2D eigenvalue weighted by Gasteiger charge is -2.33. The molecule has 0 aliphatic carbocycles. The SMILES string of the molecule is C[C@@H]1C[C@@H]2CN(S(=O)(=O)c3ccccc3F)CC[C@H]2O1. The van der Waals surface area contributed by atoms with E-state index in [1.54, 1.807) is 6.07 Å². The first-order valence-corrected chi connectivity index (χ1v) is 8.32. The molecule has 1 aromatic rings. The van der Waals surface area contributed by atoms with E-state index < -0.39 is 15.8 Å². The Morgan fingerprint density at radius 1 is 1.35 bits per heavy atom. The lowest BCUT2D eigenvalue weighted by molar-refractivity contribution is 0.0206. The number of fused-ring (bicyclic) bond motifs is 1. The van der Waals surface area contributed by atoms with Crippen LogP contribution in [0.3, 0.4) is 0 Å². The average Bonchev–Trinajstić information content (AvgIpc) is 2.78. The van der Waals surface area contributed by atoms with Crippen molar-refractivity contribution < 1.29 is 17.5 Å². The van der Waals surface area contributed by atoms with Gasteiger partial charge in [0.2, 0.25) is 10.0 Å². The van der Waals surface area contributed by atoms with Gasteiger partial charge >= 0.3 is 0 Å². The predicted molar refractivity (Wildman–Crippen MR) is 72.2 cm³/mol. The molecule has 2 saturated heterocycles. The second kappa shape index (κ2) is 5.09. The molecule has 0 unspecified atom stereocenters. The smallest absolute Gasteiger partial charge is 0.245 e. The second-order valence-corrected chi connectivity index (χ2v) is 7.47. The van der Waals surface area contributed by atoms with Crippen molar-refractivity contribution in [1.82, 2.24) is 4.31 Å². The molecule has 3 atom stereocenters. The first-order valence-electron chi connectivity index (χ1n) is 6.88. The van der Waals surface area contributed by atoms with Crippen molar-refractivity contribution in [2.75, 3.05) is 13.1 Å². The maximum Gasteiger partial charge on any atom is 0.245 e. The van der Waals surface area contributed by atoms with Crippen LogP contribution in [0.4, 0.5) is 4.39 Å². The summed E-state index contributed by atoms with van der Waals surface area (Å²) in [5.41, 5.74) is 0. The zero-order chi connectivity index (χ0) is 14.3. The molecule has 2 heterocycles. The Morgan fingerprint density at radius 2 is 2.10 bits per heavy atom. The number of ether oxygens (including phenoxy) is 1. The van der Waals surface area contributed by atoms with Crippen molar-refractivity contribution in [3.05, 3.63) is 30.1 Å². The lowest BCUT2D eigenvalue weighted by atomic mass is 9.94. The van der Waals surface area contributed by atoms with E-state index in [-0.39, 0.29) is 23.0 Å². The summed E-state index contributed by atoms with van der Waals surface area (Å²) in [5, 5.41) is 0. The number of nitrogens with zero attached hydrogens (tertiary/aromatic N) is 1. The van der Waals surface area contributed by atoms with Crippen molar-refractivity contribution in [2.45, 2.75) is 36.9 Å². The molecule has 0 bridgehead atoms. The molecule has 2 aliphatic heterocycles. The molecule has 0 spiro atoms. The average molecular weight is 299 g/mol.